The van der Waals surface area contributed by atoms with Gasteiger partial charge in [-0.2, -0.15) is 0 Å². The van der Waals surface area contributed by atoms with E-state index in [-0.39, 0.29) is 5.56 Å². The fourth-order valence-electron chi connectivity index (χ4n) is 2.76. The zero-order chi connectivity index (χ0) is 20.2. The Labute approximate surface area is 179 Å². The van der Waals surface area contributed by atoms with Crippen molar-refractivity contribution < 1.29 is 4.74 Å². The number of para-hydroxylation sites is 1. The van der Waals surface area contributed by atoms with Gasteiger partial charge in [-0.15, -0.1) is 5.10 Å². The summed E-state index contributed by atoms with van der Waals surface area (Å²) in [5.41, 5.74) is 3.27. The summed E-state index contributed by atoms with van der Waals surface area (Å²) in [5.74, 6) is 1.48. The number of thioether (sulfide) groups is 1. The highest BCUT2D eigenvalue weighted by Crippen LogP contribution is 2.19. The molecule has 2 aromatic heterocycles. The molecule has 4 rings (SSSR count). The summed E-state index contributed by atoms with van der Waals surface area (Å²) in [4.78, 5) is 19.7. The van der Waals surface area contributed by atoms with Crippen LogP contribution in [0.3, 0.4) is 0 Å². The van der Waals surface area contributed by atoms with Crippen molar-refractivity contribution in [3.63, 3.8) is 0 Å². The molecule has 0 spiro atoms. The maximum absolute atomic E-state index is 12.3. The fourth-order valence-corrected chi connectivity index (χ4v) is 3.78. The summed E-state index contributed by atoms with van der Waals surface area (Å²) in [7, 11) is 0. The zero-order valence-electron chi connectivity index (χ0n) is 15.6. The van der Waals surface area contributed by atoms with Gasteiger partial charge in [0.15, 0.2) is 5.16 Å². The maximum atomic E-state index is 12.3. The smallest absolute Gasteiger partial charge is 0.266 e. The fraction of sp³-hybridized carbons (Fsp3) is 0.200. The Hall–Kier alpha value is -2.65. The van der Waals surface area contributed by atoms with E-state index in [1.807, 2.05) is 55.5 Å². The van der Waals surface area contributed by atoms with Gasteiger partial charge in [0.1, 0.15) is 15.7 Å². The largest absolute Gasteiger partial charge is 0.493 e. The number of H-pyrrole nitrogens is 1. The standard InChI is InChI=1S/C20H18BrN5O2S/c1-13-6-8-14(9-7-13)28-10-11-29-20-22-16(18(21)19(27)23-20)12-26-17-5-3-2-4-15(17)24-25-26/h2-9H,10-12H2,1H3,(H,22,23,27). The lowest BCUT2D eigenvalue weighted by atomic mass is 10.2. The lowest BCUT2D eigenvalue weighted by Crippen LogP contribution is -2.16. The molecule has 0 radical (unpaired) electrons. The van der Waals surface area contributed by atoms with Gasteiger partial charge >= 0.3 is 0 Å². The van der Waals surface area contributed by atoms with Crippen LogP contribution >= 0.6 is 27.7 Å². The molecule has 0 amide bonds. The highest BCUT2D eigenvalue weighted by Gasteiger charge is 2.13. The molecule has 0 saturated heterocycles. The first-order valence-electron chi connectivity index (χ1n) is 8.99. The van der Waals surface area contributed by atoms with Crippen LogP contribution in [0, 0.1) is 6.92 Å². The number of aryl methyl sites for hydroxylation is 1. The summed E-state index contributed by atoms with van der Waals surface area (Å²) in [6.45, 7) is 2.89. The minimum atomic E-state index is -0.221. The van der Waals surface area contributed by atoms with Gasteiger partial charge in [0, 0.05) is 5.75 Å². The van der Waals surface area contributed by atoms with E-state index < -0.39 is 0 Å². The minimum Gasteiger partial charge on any atom is -0.493 e. The van der Waals surface area contributed by atoms with Crippen molar-refractivity contribution in [1.29, 1.82) is 0 Å². The first-order chi connectivity index (χ1) is 14.1. The quantitative estimate of drug-likeness (QED) is 0.250. The van der Waals surface area contributed by atoms with Crippen molar-refractivity contribution >= 4 is 38.7 Å². The van der Waals surface area contributed by atoms with E-state index in [1.165, 1.54) is 17.3 Å². The number of rotatable bonds is 7. The van der Waals surface area contributed by atoms with Gasteiger partial charge in [-0.3, -0.25) is 4.79 Å². The van der Waals surface area contributed by atoms with Gasteiger partial charge in [0.2, 0.25) is 0 Å². The van der Waals surface area contributed by atoms with Gasteiger partial charge in [-0.1, -0.05) is 46.8 Å². The van der Waals surface area contributed by atoms with Crippen molar-refractivity contribution in [3.05, 3.63) is 74.6 Å². The van der Waals surface area contributed by atoms with Crippen LogP contribution in [0.4, 0.5) is 0 Å². The number of ether oxygens (including phenoxy) is 1. The molecule has 9 heteroatoms. The number of fused-ring (bicyclic) bond motifs is 1. The summed E-state index contributed by atoms with van der Waals surface area (Å²) in [6, 6.07) is 15.6. The Morgan fingerprint density at radius 2 is 1.97 bits per heavy atom. The highest BCUT2D eigenvalue weighted by atomic mass is 79.9. The SMILES string of the molecule is Cc1ccc(OCCSc2nc(Cn3nnc4ccccc43)c(Br)c(=O)[nH]2)cc1. The number of benzene rings is 2. The van der Waals surface area contributed by atoms with Crippen LogP contribution in [-0.4, -0.2) is 37.3 Å². The van der Waals surface area contributed by atoms with E-state index in [9.17, 15) is 4.79 Å². The third-order valence-electron chi connectivity index (χ3n) is 4.24. The van der Waals surface area contributed by atoms with Crippen LogP contribution in [0.15, 0.2) is 63.0 Å². The number of nitrogens with zero attached hydrogens (tertiary/aromatic N) is 4. The van der Waals surface area contributed by atoms with Crippen molar-refractivity contribution in [2.45, 2.75) is 18.6 Å². The van der Waals surface area contributed by atoms with Crippen LogP contribution in [0.5, 0.6) is 5.75 Å². The second kappa shape index (κ2) is 8.79. The molecule has 2 heterocycles. The van der Waals surface area contributed by atoms with Crippen molar-refractivity contribution in [1.82, 2.24) is 25.0 Å². The van der Waals surface area contributed by atoms with E-state index in [2.05, 4.69) is 36.2 Å². The number of hydrogen-bond acceptors (Lipinski definition) is 6. The molecule has 0 aliphatic rings. The van der Waals surface area contributed by atoms with Gasteiger partial charge < -0.3 is 9.72 Å². The summed E-state index contributed by atoms with van der Waals surface area (Å²) >= 11 is 4.78. The second-order valence-corrected chi connectivity index (χ2v) is 8.25. The lowest BCUT2D eigenvalue weighted by Gasteiger charge is -2.08. The zero-order valence-corrected chi connectivity index (χ0v) is 18.0. The molecule has 1 N–H and O–H groups in total. The van der Waals surface area contributed by atoms with Crippen LogP contribution in [0.2, 0.25) is 0 Å². The highest BCUT2D eigenvalue weighted by molar-refractivity contribution is 9.10. The molecule has 0 unspecified atom stereocenters. The number of nitrogens with one attached hydrogen (secondary N) is 1. The molecule has 0 aliphatic carbocycles. The molecule has 4 aromatic rings. The third kappa shape index (κ3) is 4.68. The molecule has 2 aromatic carbocycles. The van der Waals surface area contributed by atoms with Gasteiger partial charge in [0.25, 0.3) is 5.56 Å². The lowest BCUT2D eigenvalue weighted by molar-refractivity contribution is 0.344. The molecule has 29 heavy (non-hydrogen) atoms. The Balaban J connectivity index is 1.44. The number of aromatic nitrogens is 5. The molecular weight excluding hydrogens is 454 g/mol. The third-order valence-corrected chi connectivity index (χ3v) is 5.90. The van der Waals surface area contributed by atoms with Gasteiger partial charge in [-0.25, -0.2) is 9.67 Å². The Morgan fingerprint density at radius 3 is 2.79 bits per heavy atom. The minimum absolute atomic E-state index is 0.221. The first-order valence-corrected chi connectivity index (χ1v) is 10.8. The van der Waals surface area contributed by atoms with E-state index >= 15 is 0 Å². The summed E-state index contributed by atoms with van der Waals surface area (Å²) < 4.78 is 7.86. The normalized spacial score (nSPS) is 11.1. The van der Waals surface area contributed by atoms with E-state index in [0.717, 1.165) is 16.8 Å². The molecule has 148 valence electrons. The molecule has 0 bridgehead atoms. The van der Waals surface area contributed by atoms with E-state index in [4.69, 9.17) is 4.74 Å². The second-order valence-electron chi connectivity index (χ2n) is 6.38. The van der Waals surface area contributed by atoms with Crippen LogP contribution in [0.25, 0.3) is 11.0 Å². The van der Waals surface area contributed by atoms with Crippen LogP contribution in [0.1, 0.15) is 11.3 Å². The van der Waals surface area contributed by atoms with Gasteiger partial charge in [-0.05, 0) is 47.1 Å². The number of halogens is 1. The number of aromatic amines is 1. The molecule has 0 aliphatic heterocycles. The molecule has 0 atom stereocenters. The van der Waals surface area contributed by atoms with Crippen LogP contribution in [-0.2, 0) is 6.54 Å². The first kappa shape index (κ1) is 19.7. The summed E-state index contributed by atoms with van der Waals surface area (Å²) in [5, 5.41) is 8.87. The Kier molecular flexibility index (Phi) is 5.96. The summed E-state index contributed by atoms with van der Waals surface area (Å²) in [6.07, 6.45) is 0. The molecule has 0 fully saturated rings. The van der Waals surface area contributed by atoms with Crippen LogP contribution < -0.4 is 10.3 Å². The van der Waals surface area contributed by atoms with E-state index in [0.29, 0.717) is 34.2 Å². The number of hydrogen-bond donors (Lipinski definition) is 1. The monoisotopic (exact) mass is 471 g/mol. The average Bonchev–Trinajstić information content (AvgIpc) is 3.13. The Bertz CT molecular complexity index is 1190. The van der Waals surface area contributed by atoms with Gasteiger partial charge in [0.05, 0.1) is 24.4 Å². The van der Waals surface area contributed by atoms with E-state index in [1.54, 1.807) is 4.68 Å². The molecular formula is C20H18BrN5O2S. The topological polar surface area (TPSA) is 85.7 Å². The molecule has 0 saturated carbocycles. The Morgan fingerprint density at radius 1 is 1.17 bits per heavy atom. The average molecular weight is 472 g/mol. The van der Waals surface area contributed by atoms with Crippen molar-refractivity contribution in [3.8, 4) is 5.75 Å². The predicted molar refractivity (Wildman–Crippen MR) is 117 cm³/mol. The predicted octanol–water partition coefficient (Wildman–Crippen LogP) is 3.80. The molecule has 7 nitrogen and oxygen atoms in total. The van der Waals surface area contributed by atoms with Crippen molar-refractivity contribution in [2.24, 2.45) is 0 Å². The maximum Gasteiger partial charge on any atom is 0.266 e. The van der Waals surface area contributed by atoms with Crippen molar-refractivity contribution in [2.75, 3.05) is 12.4 Å².